The van der Waals surface area contributed by atoms with Crippen LogP contribution in [0.1, 0.15) is 25.7 Å². The van der Waals surface area contributed by atoms with Crippen LogP contribution < -0.4 is 10.5 Å². The van der Waals surface area contributed by atoms with E-state index in [0.29, 0.717) is 24.7 Å². The summed E-state index contributed by atoms with van der Waals surface area (Å²) in [7, 11) is 0. The topological polar surface area (TPSA) is 101 Å². The number of pyridine rings is 1. The number of nitro groups is 1. The van der Waals surface area contributed by atoms with E-state index in [1.807, 2.05) is 4.90 Å². The highest BCUT2D eigenvalue weighted by molar-refractivity contribution is 5.83. The predicted octanol–water partition coefficient (Wildman–Crippen LogP) is 1.44. The van der Waals surface area contributed by atoms with Crippen molar-refractivity contribution in [2.45, 2.75) is 25.7 Å². The molecule has 0 bridgehead atoms. The van der Waals surface area contributed by atoms with Crippen LogP contribution in [0.5, 0.6) is 0 Å². The van der Waals surface area contributed by atoms with Crippen molar-refractivity contribution in [2.24, 2.45) is 5.92 Å². The molecule has 1 saturated carbocycles. The average molecular weight is 371 g/mol. The van der Waals surface area contributed by atoms with Crippen molar-refractivity contribution in [3.63, 3.8) is 0 Å². The maximum Gasteiger partial charge on any atom is 0.376 e. The van der Waals surface area contributed by atoms with Gasteiger partial charge in [-0.05, 0) is 30.9 Å². The van der Waals surface area contributed by atoms with Crippen LogP contribution in [0.2, 0.25) is 0 Å². The second-order valence-corrected chi connectivity index (χ2v) is 7.19. The van der Waals surface area contributed by atoms with Gasteiger partial charge < -0.3 is 9.80 Å². The predicted molar refractivity (Wildman–Crippen MR) is 98.9 cm³/mol. The summed E-state index contributed by atoms with van der Waals surface area (Å²) in [6, 6.07) is 4.94. The second kappa shape index (κ2) is 6.98. The highest BCUT2D eigenvalue weighted by atomic mass is 16.6. The number of rotatable bonds is 4. The molecule has 4 rings (SSSR count). The van der Waals surface area contributed by atoms with Gasteiger partial charge >= 0.3 is 11.2 Å². The SMILES string of the molecule is O=C1CN(c2nc3ccccn3c(=O)c2[N+](=O)[O-])CCN1CC1CCCC1. The Balaban J connectivity index is 1.63. The van der Waals surface area contributed by atoms with Gasteiger partial charge in [0.25, 0.3) is 0 Å². The van der Waals surface area contributed by atoms with Crippen molar-refractivity contribution < 1.29 is 9.72 Å². The highest BCUT2D eigenvalue weighted by Gasteiger charge is 2.33. The van der Waals surface area contributed by atoms with E-state index in [2.05, 4.69) is 4.98 Å². The van der Waals surface area contributed by atoms with Crippen molar-refractivity contribution in [3.05, 3.63) is 44.9 Å². The zero-order valence-electron chi connectivity index (χ0n) is 14.9. The summed E-state index contributed by atoms with van der Waals surface area (Å²) in [6.07, 6.45) is 6.20. The minimum absolute atomic E-state index is 0.00298. The minimum Gasteiger partial charge on any atom is -0.340 e. The van der Waals surface area contributed by atoms with E-state index >= 15 is 0 Å². The maximum atomic E-state index is 12.6. The fraction of sp³-hybridized carbons (Fsp3) is 0.500. The first-order chi connectivity index (χ1) is 13.0. The van der Waals surface area contributed by atoms with E-state index in [0.717, 1.165) is 23.8 Å². The van der Waals surface area contributed by atoms with Crippen LogP contribution in [-0.4, -0.2) is 51.3 Å². The fourth-order valence-electron chi connectivity index (χ4n) is 4.04. The van der Waals surface area contributed by atoms with Crippen molar-refractivity contribution in [1.29, 1.82) is 0 Å². The number of aromatic nitrogens is 2. The van der Waals surface area contributed by atoms with Crippen LogP contribution in [0.4, 0.5) is 11.5 Å². The number of piperazine rings is 1. The van der Waals surface area contributed by atoms with Crippen LogP contribution in [-0.2, 0) is 4.79 Å². The van der Waals surface area contributed by atoms with E-state index < -0.39 is 16.2 Å². The van der Waals surface area contributed by atoms with Gasteiger partial charge in [-0.3, -0.25) is 24.1 Å². The second-order valence-electron chi connectivity index (χ2n) is 7.19. The molecule has 1 aliphatic heterocycles. The van der Waals surface area contributed by atoms with Crippen LogP contribution in [0.25, 0.3) is 5.65 Å². The lowest BCUT2D eigenvalue weighted by Crippen LogP contribution is -2.52. The summed E-state index contributed by atoms with van der Waals surface area (Å²) in [5.74, 6) is 0.459. The van der Waals surface area contributed by atoms with Gasteiger partial charge in [0.05, 0.1) is 11.5 Å². The van der Waals surface area contributed by atoms with E-state index in [1.54, 1.807) is 23.1 Å². The van der Waals surface area contributed by atoms with Crippen LogP contribution in [0.3, 0.4) is 0 Å². The number of amides is 1. The average Bonchev–Trinajstić information content (AvgIpc) is 3.16. The molecule has 3 heterocycles. The standard InChI is InChI=1S/C18H21N5O4/c24-15-12-21(10-9-20(15)11-13-5-1-2-6-13)17-16(23(26)27)18(25)22-8-4-3-7-14(22)19-17/h3-4,7-8,13H,1-2,5-6,9-12H2. The smallest absolute Gasteiger partial charge is 0.340 e. The molecule has 0 unspecified atom stereocenters. The molecule has 0 atom stereocenters. The number of fused-ring (bicyclic) bond motifs is 1. The molecule has 0 N–H and O–H groups in total. The summed E-state index contributed by atoms with van der Waals surface area (Å²) in [6.45, 7) is 1.67. The lowest BCUT2D eigenvalue weighted by atomic mass is 10.1. The van der Waals surface area contributed by atoms with Gasteiger partial charge in [-0.2, -0.15) is 0 Å². The first-order valence-corrected chi connectivity index (χ1v) is 9.23. The van der Waals surface area contributed by atoms with Crippen molar-refractivity contribution in [3.8, 4) is 0 Å². The van der Waals surface area contributed by atoms with Crippen molar-refractivity contribution >= 4 is 23.1 Å². The third kappa shape index (κ3) is 3.24. The third-order valence-electron chi connectivity index (χ3n) is 5.45. The molecule has 1 amide bonds. The normalized spacial score (nSPS) is 18.4. The molecule has 2 aromatic rings. The Labute approximate surface area is 155 Å². The Bertz CT molecular complexity index is 950. The Kier molecular flexibility index (Phi) is 4.51. The molecule has 1 aliphatic carbocycles. The molecular weight excluding hydrogens is 350 g/mol. The molecule has 0 aromatic carbocycles. The van der Waals surface area contributed by atoms with E-state index in [-0.39, 0.29) is 18.3 Å². The number of carbonyl (C=O) groups excluding carboxylic acids is 1. The maximum absolute atomic E-state index is 12.6. The molecule has 0 radical (unpaired) electrons. The molecule has 27 heavy (non-hydrogen) atoms. The highest BCUT2D eigenvalue weighted by Crippen LogP contribution is 2.28. The summed E-state index contributed by atoms with van der Waals surface area (Å²) in [4.78, 5) is 43.7. The molecule has 2 aliphatic rings. The lowest BCUT2D eigenvalue weighted by Gasteiger charge is -2.35. The quantitative estimate of drug-likeness (QED) is 0.595. The number of hydrogen-bond donors (Lipinski definition) is 0. The van der Waals surface area contributed by atoms with E-state index in [4.69, 9.17) is 0 Å². The van der Waals surface area contributed by atoms with Gasteiger partial charge in [0.15, 0.2) is 0 Å². The Morgan fingerprint density at radius 3 is 2.67 bits per heavy atom. The Morgan fingerprint density at radius 1 is 1.19 bits per heavy atom. The molecule has 1 saturated heterocycles. The van der Waals surface area contributed by atoms with Crippen LogP contribution in [0.15, 0.2) is 29.2 Å². The van der Waals surface area contributed by atoms with Crippen LogP contribution in [0, 0.1) is 16.0 Å². The molecule has 2 fully saturated rings. The first-order valence-electron chi connectivity index (χ1n) is 9.23. The largest absolute Gasteiger partial charge is 0.376 e. The zero-order valence-corrected chi connectivity index (χ0v) is 14.9. The van der Waals surface area contributed by atoms with Gasteiger partial charge in [-0.25, -0.2) is 4.98 Å². The van der Waals surface area contributed by atoms with Crippen molar-refractivity contribution in [1.82, 2.24) is 14.3 Å². The number of nitrogens with zero attached hydrogens (tertiary/aromatic N) is 5. The summed E-state index contributed by atoms with van der Waals surface area (Å²) >= 11 is 0. The molecule has 9 heteroatoms. The molecule has 0 spiro atoms. The summed E-state index contributed by atoms with van der Waals surface area (Å²) < 4.78 is 1.15. The van der Waals surface area contributed by atoms with Crippen LogP contribution >= 0.6 is 0 Å². The summed E-state index contributed by atoms with van der Waals surface area (Å²) in [5, 5.41) is 11.5. The first kappa shape index (κ1) is 17.4. The number of carbonyl (C=O) groups is 1. The van der Waals surface area contributed by atoms with E-state index in [9.17, 15) is 19.7 Å². The molecule has 2 aromatic heterocycles. The van der Waals surface area contributed by atoms with Crippen molar-refractivity contribution in [2.75, 3.05) is 31.1 Å². The Morgan fingerprint density at radius 2 is 1.96 bits per heavy atom. The lowest BCUT2D eigenvalue weighted by molar-refractivity contribution is -0.385. The van der Waals surface area contributed by atoms with Gasteiger partial charge in [-0.1, -0.05) is 18.9 Å². The zero-order chi connectivity index (χ0) is 19.0. The number of anilines is 1. The van der Waals surface area contributed by atoms with Gasteiger partial charge in [0.1, 0.15) is 5.65 Å². The van der Waals surface area contributed by atoms with Gasteiger partial charge in [0, 0.05) is 25.8 Å². The number of hydrogen-bond acceptors (Lipinski definition) is 6. The fourth-order valence-corrected chi connectivity index (χ4v) is 4.04. The Hall–Kier alpha value is -2.97. The molecular formula is C18H21N5O4. The summed E-state index contributed by atoms with van der Waals surface area (Å²) in [5.41, 5.74) is -0.999. The molecule has 142 valence electrons. The monoisotopic (exact) mass is 371 g/mol. The van der Waals surface area contributed by atoms with Gasteiger partial charge in [-0.15, -0.1) is 0 Å². The van der Waals surface area contributed by atoms with Gasteiger partial charge in [0.2, 0.25) is 11.7 Å². The molecule has 9 nitrogen and oxygen atoms in total. The third-order valence-corrected chi connectivity index (χ3v) is 5.45. The van der Waals surface area contributed by atoms with E-state index in [1.165, 1.54) is 19.0 Å². The minimum atomic E-state index is -0.735.